The molecule has 8 nitrogen and oxygen atoms in total. The molecule has 0 spiro atoms. The summed E-state index contributed by atoms with van der Waals surface area (Å²) < 4.78 is 32.2. The smallest absolute Gasteiger partial charge is 0.338 e. The van der Waals surface area contributed by atoms with Crippen molar-refractivity contribution in [3.63, 3.8) is 0 Å². The van der Waals surface area contributed by atoms with Gasteiger partial charge in [0.15, 0.2) is 0 Å². The normalized spacial score (nSPS) is 20.6. The van der Waals surface area contributed by atoms with Crippen molar-refractivity contribution in [1.29, 1.82) is 0 Å². The maximum Gasteiger partial charge on any atom is 0.338 e. The molecule has 196 valence electrons. The third-order valence-electron chi connectivity index (χ3n) is 6.71. The number of piperazine rings is 1. The highest BCUT2D eigenvalue weighted by atomic mass is 19.1. The number of carbonyl (C=O) groups excluding carboxylic acids is 3. The van der Waals surface area contributed by atoms with Crippen LogP contribution in [0.1, 0.15) is 35.8 Å². The SMILES string of the molecule is CCOC(=O)C1=C(CN2CCN(C(=O)c3ccc(F)cc3)[C@@H](C)C2)N(C)C(=O)N[C@H]1c1ccc(F)cc1. The number of urea groups is 1. The van der Waals surface area contributed by atoms with Crippen molar-refractivity contribution in [2.24, 2.45) is 0 Å². The minimum absolute atomic E-state index is 0.157. The van der Waals surface area contributed by atoms with Gasteiger partial charge >= 0.3 is 12.0 Å². The second-order valence-electron chi connectivity index (χ2n) is 9.16. The van der Waals surface area contributed by atoms with E-state index in [-0.39, 0.29) is 30.7 Å². The average Bonchev–Trinajstić information content (AvgIpc) is 2.87. The van der Waals surface area contributed by atoms with Crippen LogP contribution in [-0.4, -0.2) is 78.5 Å². The van der Waals surface area contributed by atoms with Gasteiger partial charge in [-0.05, 0) is 55.8 Å². The summed E-state index contributed by atoms with van der Waals surface area (Å²) in [5, 5.41) is 2.82. The molecule has 0 aromatic heterocycles. The summed E-state index contributed by atoms with van der Waals surface area (Å²) in [5.41, 5.74) is 1.75. The number of hydrogen-bond acceptors (Lipinski definition) is 5. The summed E-state index contributed by atoms with van der Waals surface area (Å²) in [6, 6.07) is 9.74. The van der Waals surface area contributed by atoms with E-state index in [4.69, 9.17) is 4.74 Å². The first-order chi connectivity index (χ1) is 17.7. The van der Waals surface area contributed by atoms with Gasteiger partial charge in [0, 0.05) is 50.5 Å². The number of rotatable bonds is 6. The molecule has 1 fully saturated rings. The molecule has 1 N–H and O–H groups in total. The predicted octanol–water partition coefficient (Wildman–Crippen LogP) is 3.32. The standard InChI is InChI=1S/C27H30F2N4O4/c1-4-37-26(35)23-22(31(3)27(36)30-24(23)18-5-9-20(28)10-6-18)16-32-13-14-33(17(2)15-32)25(34)19-7-11-21(29)12-8-19/h5-12,17,24H,4,13-16H2,1-3H3,(H,30,36)/t17-,24-/m0/s1. The van der Waals surface area contributed by atoms with Gasteiger partial charge in [0.2, 0.25) is 0 Å². The molecule has 10 heteroatoms. The molecule has 3 amide bonds. The van der Waals surface area contributed by atoms with E-state index < -0.39 is 29.7 Å². The number of ether oxygens (including phenoxy) is 1. The third kappa shape index (κ3) is 5.64. The van der Waals surface area contributed by atoms with Crippen LogP contribution < -0.4 is 5.32 Å². The summed E-state index contributed by atoms with van der Waals surface area (Å²) in [4.78, 5) is 44.2. The lowest BCUT2D eigenvalue weighted by atomic mass is 9.94. The van der Waals surface area contributed by atoms with Gasteiger partial charge in [-0.2, -0.15) is 0 Å². The topological polar surface area (TPSA) is 82.2 Å². The number of nitrogens with one attached hydrogen (secondary N) is 1. The largest absolute Gasteiger partial charge is 0.463 e. The lowest BCUT2D eigenvalue weighted by molar-refractivity contribution is -0.139. The number of benzene rings is 2. The maximum atomic E-state index is 13.6. The minimum atomic E-state index is -0.794. The van der Waals surface area contributed by atoms with E-state index in [0.717, 1.165) is 0 Å². The number of hydrogen-bond donors (Lipinski definition) is 1. The number of halogens is 2. The first-order valence-corrected chi connectivity index (χ1v) is 12.2. The van der Waals surface area contributed by atoms with Crippen molar-refractivity contribution < 1.29 is 27.9 Å². The van der Waals surface area contributed by atoms with E-state index >= 15 is 0 Å². The lowest BCUT2D eigenvalue weighted by Gasteiger charge is -2.42. The summed E-state index contributed by atoms with van der Waals surface area (Å²) in [7, 11) is 1.59. The molecule has 0 bridgehead atoms. The van der Waals surface area contributed by atoms with Crippen LogP contribution in [-0.2, 0) is 9.53 Å². The van der Waals surface area contributed by atoms with E-state index in [1.807, 2.05) is 6.92 Å². The fraction of sp³-hybridized carbons (Fsp3) is 0.370. The zero-order valence-corrected chi connectivity index (χ0v) is 21.0. The Morgan fingerprint density at radius 2 is 1.65 bits per heavy atom. The Labute approximate surface area is 214 Å². The van der Waals surface area contributed by atoms with Crippen LogP contribution in [0.5, 0.6) is 0 Å². The fourth-order valence-corrected chi connectivity index (χ4v) is 4.75. The van der Waals surface area contributed by atoms with Crippen LogP contribution >= 0.6 is 0 Å². The molecule has 4 rings (SSSR count). The molecular weight excluding hydrogens is 482 g/mol. The van der Waals surface area contributed by atoms with Crippen molar-refractivity contribution >= 4 is 17.9 Å². The summed E-state index contributed by atoms with van der Waals surface area (Å²) >= 11 is 0. The van der Waals surface area contributed by atoms with Crippen molar-refractivity contribution in [1.82, 2.24) is 20.0 Å². The molecule has 0 saturated carbocycles. The second kappa shape index (κ2) is 11.1. The van der Waals surface area contributed by atoms with Gasteiger partial charge < -0.3 is 15.0 Å². The second-order valence-corrected chi connectivity index (χ2v) is 9.16. The van der Waals surface area contributed by atoms with Crippen molar-refractivity contribution in [3.05, 3.63) is 82.6 Å². The molecule has 0 radical (unpaired) electrons. The van der Waals surface area contributed by atoms with Gasteiger partial charge in [0.1, 0.15) is 11.6 Å². The van der Waals surface area contributed by atoms with E-state index in [1.165, 1.54) is 53.4 Å². The van der Waals surface area contributed by atoms with Gasteiger partial charge in [-0.1, -0.05) is 12.1 Å². The molecule has 2 aliphatic rings. The number of likely N-dealkylation sites (N-methyl/N-ethyl adjacent to an activating group) is 1. The Balaban J connectivity index is 1.59. The monoisotopic (exact) mass is 512 g/mol. The summed E-state index contributed by atoms with van der Waals surface area (Å²) in [6.45, 7) is 5.50. The van der Waals surface area contributed by atoms with Crippen molar-refractivity contribution in [2.75, 3.05) is 39.8 Å². The Kier molecular flexibility index (Phi) is 7.87. The van der Waals surface area contributed by atoms with Gasteiger partial charge in [-0.3, -0.25) is 14.6 Å². The molecule has 2 heterocycles. The highest BCUT2D eigenvalue weighted by Crippen LogP contribution is 2.32. The van der Waals surface area contributed by atoms with Crippen LogP contribution in [0.15, 0.2) is 59.8 Å². The Bertz CT molecular complexity index is 1200. The predicted molar refractivity (Wildman–Crippen MR) is 132 cm³/mol. The lowest BCUT2D eigenvalue weighted by Crippen LogP contribution is -2.56. The highest BCUT2D eigenvalue weighted by Gasteiger charge is 2.38. The van der Waals surface area contributed by atoms with E-state index in [0.29, 0.717) is 36.5 Å². The van der Waals surface area contributed by atoms with Gasteiger partial charge in [-0.25, -0.2) is 18.4 Å². The van der Waals surface area contributed by atoms with Crippen LogP contribution in [0.2, 0.25) is 0 Å². The molecule has 0 unspecified atom stereocenters. The summed E-state index contributed by atoms with van der Waals surface area (Å²) in [5.74, 6) is -1.56. The van der Waals surface area contributed by atoms with Crippen molar-refractivity contribution in [2.45, 2.75) is 25.9 Å². The molecular formula is C27H30F2N4O4. The van der Waals surface area contributed by atoms with E-state index in [9.17, 15) is 23.2 Å². The van der Waals surface area contributed by atoms with Gasteiger partial charge in [0.05, 0.1) is 18.2 Å². The average molecular weight is 513 g/mol. The van der Waals surface area contributed by atoms with Gasteiger partial charge in [0.25, 0.3) is 5.91 Å². The third-order valence-corrected chi connectivity index (χ3v) is 6.71. The number of carbonyl (C=O) groups is 3. The molecule has 2 aliphatic heterocycles. The number of amides is 3. The van der Waals surface area contributed by atoms with Crippen LogP contribution in [0.25, 0.3) is 0 Å². The van der Waals surface area contributed by atoms with Crippen LogP contribution in [0.3, 0.4) is 0 Å². The molecule has 1 saturated heterocycles. The highest BCUT2D eigenvalue weighted by molar-refractivity contribution is 5.95. The molecule has 2 aromatic rings. The zero-order chi connectivity index (χ0) is 26.7. The quantitative estimate of drug-likeness (QED) is 0.601. The summed E-state index contributed by atoms with van der Waals surface area (Å²) in [6.07, 6.45) is 0. The molecule has 0 aliphatic carbocycles. The maximum absolute atomic E-state index is 13.6. The zero-order valence-electron chi connectivity index (χ0n) is 21.0. The Hall–Kier alpha value is -3.79. The van der Waals surface area contributed by atoms with Gasteiger partial charge in [-0.15, -0.1) is 0 Å². The first-order valence-electron chi connectivity index (χ1n) is 12.2. The Morgan fingerprint density at radius 3 is 2.24 bits per heavy atom. The minimum Gasteiger partial charge on any atom is -0.463 e. The van der Waals surface area contributed by atoms with Crippen LogP contribution in [0, 0.1) is 11.6 Å². The number of nitrogens with zero attached hydrogens (tertiary/aromatic N) is 3. The first kappa shape index (κ1) is 26.3. The van der Waals surface area contributed by atoms with E-state index in [1.54, 1.807) is 18.9 Å². The fourth-order valence-electron chi connectivity index (χ4n) is 4.75. The van der Waals surface area contributed by atoms with Crippen molar-refractivity contribution in [3.8, 4) is 0 Å². The van der Waals surface area contributed by atoms with Crippen LogP contribution in [0.4, 0.5) is 13.6 Å². The molecule has 2 atom stereocenters. The molecule has 37 heavy (non-hydrogen) atoms. The number of esters is 1. The van der Waals surface area contributed by atoms with E-state index in [2.05, 4.69) is 10.2 Å². The Morgan fingerprint density at radius 1 is 1.03 bits per heavy atom. The molecule has 2 aromatic carbocycles.